The zero-order chi connectivity index (χ0) is 21.8. The fourth-order valence-corrected chi connectivity index (χ4v) is 5.61. The molecule has 0 bridgehead atoms. The molecule has 3 atom stereocenters. The van der Waals surface area contributed by atoms with E-state index in [1.807, 2.05) is 0 Å². The number of halogens is 1. The number of likely N-dealkylation sites (tertiary alicyclic amines) is 1. The van der Waals surface area contributed by atoms with Gasteiger partial charge in [0.25, 0.3) is 0 Å². The molecule has 2 heterocycles. The van der Waals surface area contributed by atoms with Gasteiger partial charge in [-0.2, -0.15) is 0 Å². The Hall–Kier alpha value is -1.99. The Morgan fingerprint density at radius 3 is 2.65 bits per heavy atom. The monoisotopic (exact) mass is 430 g/mol. The molecular formula is C24H35FN4O2. The van der Waals surface area contributed by atoms with Crippen LogP contribution >= 0.6 is 0 Å². The van der Waals surface area contributed by atoms with Crippen LogP contribution in [0.5, 0.6) is 0 Å². The van der Waals surface area contributed by atoms with Gasteiger partial charge in [0, 0.05) is 44.2 Å². The van der Waals surface area contributed by atoms with E-state index in [2.05, 4.69) is 27.5 Å². The molecule has 0 radical (unpaired) electrons. The summed E-state index contributed by atoms with van der Waals surface area (Å²) >= 11 is 0. The molecule has 1 saturated carbocycles. The maximum Gasteiger partial charge on any atom is 0.239 e. The molecule has 2 amide bonds. The lowest BCUT2D eigenvalue weighted by molar-refractivity contribution is -0.127. The SMILES string of the molecule is CN1C(CCC(=O)NCc2ccc(F)cc2)CNC(=O)C2C1CCN2C1CCCCC1. The molecule has 0 spiro atoms. The summed E-state index contributed by atoms with van der Waals surface area (Å²) in [6.07, 6.45) is 8.40. The third-order valence-electron chi connectivity index (χ3n) is 7.44. The van der Waals surface area contributed by atoms with Gasteiger partial charge in [0.2, 0.25) is 11.8 Å². The van der Waals surface area contributed by atoms with Gasteiger partial charge in [-0.05, 0) is 50.4 Å². The molecule has 31 heavy (non-hydrogen) atoms. The van der Waals surface area contributed by atoms with E-state index in [1.54, 1.807) is 12.1 Å². The molecule has 4 rings (SSSR count). The van der Waals surface area contributed by atoms with E-state index in [-0.39, 0.29) is 35.8 Å². The summed E-state index contributed by atoms with van der Waals surface area (Å²) in [6, 6.07) is 7.02. The topological polar surface area (TPSA) is 64.7 Å². The average Bonchev–Trinajstić information content (AvgIpc) is 3.19. The molecule has 6 nitrogen and oxygen atoms in total. The number of rotatable bonds is 6. The highest BCUT2D eigenvalue weighted by Gasteiger charge is 2.47. The van der Waals surface area contributed by atoms with E-state index in [0.29, 0.717) is 32.0 Å². The summed E-state index contributed by atoms with van der Waals surface area (Å²) in [7, 11) is 2.11. The van der Waals surface area contributed by atoms with Crippen molar-refractivity contribution in [2.75, 3.05) is 20.1 Å². The first-order chi connectivity index (χ1) is 15.0. The lowest BCUT2D eigenvalue weighted by atomic mass is 9.93. The number of carbonyl (C=O) groups is 2. The number of likely N-dealkylation sites (N-methyl/N-ethyl adjacent to an activating group) is 1. The zero-order valence-corrected chi connectivity index (χ0v) is 18.5. The van der Waals surface area contributed by atoms with Crippen molar-refractivity contribution < 1.29 is 14.0 Å². The lowest BCUT2D eigenvalue weighted by Gasteiger charge is -2.37. The highest BCUT2D eigenvalue weighted by atomic mass is 19.1. The van der Waals surface area contributed by atoms with Gasteiger partial charge in [-0.1, -0.05) is 31.4 Å². The fraction of sp³-hybridized carbons (Fsp3) is 0.667. The summed E-state index contributed by atoms with van der Waals surface area (Å²) in [5, 5.41) is 6.08. The van der Waals surface area contributed by atoms with Gasteiger partial charge >= 0.3 is 0 Å². The van der Waals surface area contributed by atoms with Crippen molar-refractivity contribution in [2.24, 2.45) is 0 Å². The minimum Gasteiger partial charge on any atom is -0.353 e. The molecular weight excluding hydrogens is 395 g/mol. The van der Waals surface area contributed by atoms with Crippen molar-refractivity contribution in [1.82, 2.24) is 20.4 Å². The summed E-state index contributed by atoms with van der Waals surface area (Å²) in [4.78, 5) is 30.2. The Kier molecular flexibility index (Phi) is 7.23. The van der Waals surface area contributed by atoms with Gasteiger partial charge in [0.1, 0.15) is 11.9 Å². The second-order valence-electron chi connectivity index (χ2n) is 9.34. The predicted molar refractivity (Wildman–Crippen MR) is 118 cm³/mol. The van der Waals surface area contributed by atoms with E-state index in [0.717, 1.165) is 18.5 Å². The lowest BCUT2D eigenvalue weighted by Crippen LogP contribution is -2.53. The molecule has 1 aromatic rings. The van der Waals surface area contributed by atoms with Crippen LogP contribution in [0.25, 0.3) is 0 Å². The smallest absolute Gasteiger partial charge is 0.239 e. The quantitative estimate of drug-likeness (QED) is 0.728. The molecule has 2 N–H and O–H groups in total. The first-order valence-corrected chi connectivity index (χ1v) is 11.8. The molecule has 3 fully saturated rings. The molecule has 1 aliphatic carbocycles. The number of hydrogen-bond acceptors (Lipinski definition) is 4. The standard InChI is InChI=1S/C24H35FN4O2/c1-28-20(11-12-22(30)26-15-17-7-9-18(25)10-8-17)16-27-24(31)23-21(28)13-14-29(23)19-5-3-2-4-6-19/h7-10,19-21,23H,2-6,11-16H2,1H3,(H,26,30)(H,27,31). The molecule has 3 aliphatic rings. The third kappa shape index (κ3) is 5.26. The van der Waals surface area contributed by atoms with Crippen molar-refractivity contribution in [3.05, 3.63) is 35.6 Å². The van der Waals surface area contributed by atoms with Crippen LogP contribution in [0.1, 0.15) is 56.9 Å². The van der Waals surface area contributed by atoms with E-state index in [4.69, 9.17) is 0 Å². The molecule has 0 aromatic heterocycles. The normalized spacial score (nSPS) is 28.1. The van der Waals surface area contributed by atoms with Crippen LogP contribution in [-0.2, 0) is 16.1 Å². The Morgan fingerprint density at radius 2 is 1.90 bits per heavy atom. The number of amides is 2. The number of carbonyl (C=O) groups excluding carboxylic acids is 2. The number of hydrogen-bond donors (Lipinski definition) is 2. The largest absolute Gasteiger partial charge is 0.353 e. The second kappa shape index (κ2) is 10.1. The number of nitrogens with zero attached hydrogens (tertiary/aromatic N) is 2. The summed E-state index contributed by atoms with van der Waals surface area (Å²) in [6.45, 7) is 1.98. The van der Waals surface area contributed by atoms with Crippen molar-refractivity contribution >= 4 is 11.8 Å². The second-order valence-corrected chi connectivity index (χ2v) is 9.34. The highest BCUT2D eigenvalue weighted by molar-refractivity contribution is 5.83. The van der Waals surface area contributed by atoms with Gasteiger partial charge in [-0.3, -0.25) is 19.4 Å². The number of benzene rings is 1. The predicted octanol–water partition coefficient (Wildman–Crippen LogP) is 2.43. The maximum absolute atomic E-state index is 13.0. The molecule has 170 valence electrons. The van der Waals surface area contributed by atoms with Crippen molar-refractivity contribution in [2.45, 2.75) is 82.1 Å². The zero-order valence-electron chi connectivity index (χ0n) is 18.5. The van der Waals surface area contributed by atoms with Gasteiger partial charge in [-0.15, -0.1) is 0 Å². The Labute approximate surface area is 184 Å². The first-order valence-electron chi connectivity index (χ1n) is 11.8. The summed E-state index contributed by atoms with van der Waals surface area (Å²) in [5.74, 6) is -0.135. The van der Waals surface area contributed by atoms with Crippen LogP contribution in [0.15, 0.2) is 24.3 Å². The van der Waals surface area contributed by atoms with Crippen molar-refractivity contribution in [3.63, 3.8) is 0 Å². The van der Waals surface area contributed by atoms with E-state index >= 15 is 0 Å². The van der Waals surface area contributed by atoms with Crippen molar-refractivity contribution in [3.8, 4) is 0 Å². The minimum absolute atomic E-state index is 0.0138. The maximum atomic E-state index is 13.0. The van der Waals surface area contributed by atoms with Crippen LogP contribution in [0, 0.1) is 5.82 Å². The van der Waals surface area contributed by atoms with Crippen molar-refractivity contribution in [1.29, 1.82) is 0 Å². The van der Waals surface area contributed by atoms with Crippen LogP contribution in [0.2, 0.25) is 0 Å². The first kappa shape index (κ1) is 22.2. The Balaban J connectivity index is 1.30. The average molecular weight is 431 g/mol. The minimum atomic E-state index is -0.277. The van der Waals surface area contributed by atoms with E-state index in [1.165, 1.54) is 44.2 Å². The third-order valence-corrected chi connectivity index (χ3v) is 7.44. The fourth-order valence-electron chi connectivity index (χ4n) is 5.61. The molecule has 7 heteroatoms. The summed E-state index contributed by atoms with van der Waals surface area (Å²) in [5.41, 5.74) is 0.880. The Bertz CT molecular complexity index is 765. The highest BCUT2D eigenvalue weighted by Crippen LogP contribution is 2.33. The Morgan fingerprint density at radius 1 is 1.16 bits per heavy atom. The van der Waals surface area contributed by atoms with E-state index in [9.17, 15) is 14.0 Å². The molecule has 2 aliphatic heterocycles. The van der Waals surface area contributed by atoms with Crippen LogP contribution in [0.4, 0.5) is 4.39 Å². The number of nitrogens with one attached hydrogen (secondary N) is 2. The molecule has 1 aromatic carbocycles. The van der Waals surface area contributed by atoms with Gasteiger partial charge in [-0.25, -0.2) is 4.39 Å². The molecule has 2 saturated heterocycles. The molecule has 3 unspecified atom stereocenters. The van der Waals surface area contributed by atoms with Crippen LogP contribution in [-0.4, -0.2) is 65.9 Å². The van der Waals surface area contributed by atoms with Gasteiger partial charge in [0.05, 0.1) is 0 Å². The van der Waals surface area contributed by atoms with Gasteiger partial charge < -0.3 is 10.6 Å². The van der Waals surface area contributed by atoms with E-state index < -0.39 is 0 Å². The van der Waals surface area contributed by atoms with Crippen LogP contribution in [0.3, 0.4) is 0 Å². The summed E-state index contributed by atoms with van der Waals surface area (Å²) < 4.78 is 13.0. The van der Waals surface area contributed by atoms with Gasteiger partial charge in [0.15, 0.2) is 0 Å². The number of fused-ring (bicyclic) bond motifs is 1. The van der Waals surface area contributed by atoms with Crippen LogP contribution < -0.4 is 10.6 Å².